The van der Waals surface area contributed by atoms with Crippen LogP contribution in [-0.2, 0) is 16.0 Å². The standard InChI is InChI=1S/C10H17N3O5/c1-6-7(14)8(15)9(16)10(18-6)17-5-4-13-3-2-11-12-13/h2-3,6-10,14-16H,4-5H2,1H3/t6-,7+,8+,9-,10+/m0/s1. The van der Waals surface area contributed by atoms with Gasteiger partial charge in [-0.2, -0.15) is 0 Å². The minimum Gasteiger partial charge on any atom is -0.388 e. The van der Waals surface area contributed by atoms with Crippen LogP contribution >= 0.6 is 0 Å². The maximum absolute atomic E-state index is 9.69. The van der Waals surface area contributed by atoms with E-state index in [4.69, 9.17) is 9.47 Å². The van der Waals surface area contributed by atoms with E-state index in [-0.39, 0.29) is 6.61 Å². The summed E-state index contributed by atoms with van der Waals surface area (Å²) < 4.78 is 12.2. The van der Waals surface area contributed by atoms with Gasteiger partial charge < -0.3 is 24.8 Å². The van der Waals surface area contributed by atoms with E-state index in [1.807, 2.05) is 0 Å². The number of aromatic nitrogens is 3. The van der Waals surface area contributed by atoms with Gasteiger partial charge in [-0.15, -0.1) is 5.10 Å². The van der Waals surface area contributed by atoms with E-state index in [1.54, 1.807) is 24.0 Å². The van der Waals surface area contributed by atoms with Crippen molar-refractivity contribution in [3.63, 3.8) is 0 Å². The molecule has 8 heteroatoms. The molecule has 5 atom stereocenters. The van der Waals surface area contributed by atoms with E-state index in [0.29, 0.717) is 6.54 Å². The average Bonchev–Trinajstić information content (AvgIpc) is 2.86. The van der Waals surface area contributed by atoms with Gasteiger partial charge in [0.1, 0.15) is 18.3 Å². The zero-order chi connectivity index (χ0) is 13.1. The van der Waals surface area contributed by atoms with Crippen molar-refractivity contribution in [2.45, 2.75) is 44.2 Å². The molecule has 0 unspecified atom stereocenters. The number of aliphatic hydroxyl groups excluding tert-OH is 3. The molecule has 1 saturated heterocycles. The fourth-order valence-electron chi connectivity index (χ4n) is 1.77. The molecule has 1 aliphatic heterocycles. The molecule has 0 spiro atoms. The zero-order valence-corrected chi connectivity index (χ0v) is 9.96. The Kier molecular flexibility index (Phi) is 4.25. The van der Waals surface area contributed by atoms with Gasteiger partial charge in [0.25, 0.3) is 0 Å². The van der Waals surface area contributed by atoms with Gasteiger partial charge in [-0.1, -0.05) is 5.21 Å². The van der Waals surface area contributed by atoms with Crippen LogP contribution in [0, 0.1) is 0 Å². The van der Waals surface area contributed by atoms with Gasteiger partial charge in [-0.3, -0.25) is 4.68 Å². The minimum atomic E-state index is -1.27. The predicted octanol–water partition coefficient (Wildman–Crippen LogP) is -1.88. The van der Waals surface area contributed by atoms with Crippen LogP contribution in [0.2, 0.25) is 0 Å². The van der Waals surface area contributed by atoms with Crippen LogP contribution < -0.4 is 0 Å². The molecule has 0 bridgehead atoms. The molecule has 0 aliphatic carbocycles. The molecule has 3 N–H and O–H groups in total. The topological polar surface area (TPSA) is 110 Å². The summed E-state index contributed by atoms with van der Waals surface area (Å²) >= 11 is 0. The highest BCUT2D eigenvalue weighted by Gasteiger charge is 2.42. The Bertz CT molecular complexity index is 360. The molecule has 2 rings (SSSR count). The Morgan fingerprint density at radius 2 is 2.06 bits per heavy atom. The lowest BCUT2D eigenvalue weighted by atomic mass is 10.0. The van der Waals surface area contributed by atoms with E-state index in [1.165, 1.54) is 0 Å². The van der Waals surface area contributed by atoms with Crippen LogP contribution in [0.15, 0.2) is 12.4 Å². The van der Waals surface area contributed by atoms with Gasteiger partial charge in [0, 0.05) is 6.20 Å². The molecule has 102 valence electrons. The number of hydrogen-bond donors (Lipinski definition) is 3. The molecule has 0 amide bonds. The molecule has 0 radical (unpaired) electrons. The lowest BCUT2D eigenvalue weighted by molar-refractivity contribution is -0.293. The largest absolute Gasteiger partial charge is 0.388 e. The van der Waals surface area contributed by atoms with E-state index < -0.39 is 30.7 Å². The van der Waals surface area contributed by atoms with Crippen molar-refractivity contribution >= 4 is 0 Å². The third-order valence-corrected chi connectivity index (χ3v) is 2.88. The Balaban J connectivity index is 1.81. The van der Waals surface area contributed by atoms with E-state index >= 15 is 0 Å². The summed E-state index contributed by atoms with van der Waals surface area (Å²) in [4.78, 5) is 0. The van der Waals surface area contributed by atoms with E-state index in [2.05, 4.69) is 10.3 Å². The summed E-state index contributed by atoms with van der Waals surface area (Å²) in [6.07, 6.45) is -1.98. The number of hydrogen-bond acceptors (Lipinski definition) is 7. The summed E-state index contributed by atoms with van der Waals surface area (Å²) in [6.45, 7) is 2.31. The monoisotopic (exact) mass is 259 g/mol. The lowest BCUT2D eigenvalue weighted by Crippen LogP contribution is -2.57. The quantitative estimate of drug-likeness (QED) is 0.580. The van der Waals surface area contributed by atoms with Crippen LogP contribution in [0.5, 0.6) is 0 Å². The average molecular weight is 259 g/mol. The van der Waals surface area contributed by atoms with Gasteiger partial charge >= 0.3 is 0 Å². The van der Waals surface area contributed by atoms with Gasteiger partial charge in [0.15, 0.2) is 6.29 Å². The first-order valence-corrected chi connectivity index (χ1v) is 5.75. The molecule has 0 saturated carbocycles. The molecule has 1 fully saturated rings. The summed E-state index contributed by atoms with van der Waals surface area (Å²) in [5.74, 6) is 0. The third-order valence-electron chi connectivity index (χ3n) is 2.88. The van der Waals surface area contributed by atoms with Crippen molar-refractivity contribution in [3.05, 3.63) is 12.4 Å². The summed E-state index contributed by atoms with van der Waals surface area (Å²) in [5.41, 5.74) is 0. The first-order chi connectivity index (χ1) is 8.59. The van der Waals surface area contributed by atoms with Crippen molar-refractivity contribution < 1.29 is 24.8 Å². The Morgan fingerprint density at radius 1 is 1.28 bits per heavy atom. The molecule has 0 aromatic carbocycles. The maximum Gasteiger partial charge on any atom is 0.186 e. The molecule has 8 nitrogen and oxygen atoms in total. The SMILES string of the molecule is C[C@@H]1O[C@@H](OCCn2ccnn2)[C@@H](O)[C@H](O)[C@@H]1O. The van der Waals surface area contributed by atoms with Gasteiger partial charge in [-0.05, 0) is 6.92 Å². The van der Waals surface area contributed by atoms with Gasteiger partial charge in [-0.25, -0.2) is 0 Å². The minimum absolute atomic E-state index is 0.251. The number of nitrogens with zero attached hydrogens (tertiary/aromatic N) is 3. The Hall–Kier alpha value is -1.06. The van der Waals surface area contributed by atoms with Crippen molar-refractivity contribution in [2.75, 3.05) is 6.61 Å². The maximum atomic E-state index is 9.69. The third kappa shape index (κ3) is 2.85. The molecular formula is C10H17N3O5. The van der Waals surface area contributed by atoms with Gasteiger partial charge in [0.2, 0.25) is 0 Å². The van der Waals surface area contributed by atoms with Crippen LogP contribution in [-0.4, -0.2) is 67.6 Å². The highest BCUT2D eigenvalue weighted by atomic mass is 16.7. The van der Waals surface area contributed by atoms with E-state index in [0.717, 1.165) is 0 Å². The number of rotatable bonds is 4. The molecule has 1 aromatic rings. The summed E-state index contributed by atoms with van der Waals surface area (Å²) in [7, 11) is 0. The normalized spacial score (nSPS) is 36.8. The van der Waals surface area contributed by atoms with Crippen molar-refractivity contribution in [1.29, 1.82) is 0 Å². The van der Waals surface area contributed by atoms with Crippen molar-refractivity contribution in [2.24, 2.45) is 0 Å². The first kappa shape index (κ1) is 13.4. The lowest BCUT2D eigenvalue weighted by Gasteiger charge is -2.38. The smallest absolute Gasteiger partial charge is 0.186 e. The second-order valence-corrected chi connectivity index (χ2v) is 4.22. The fourth-order valence-corrected chi connectivity index (χ4v) is 1.77. The first-order valence-electron chi connectivity index (χ1n) is 5.75. The van der Waals surface area contributed by atoms with Crippen molar-refractivity contribution in [3.8, 4) is 0 Å². The van der Waals surface area contributed by atoms with Crippen LogP contribution in [0.3, 0.4) is 0 Å². The predicted molar refractivity (Wildman–Crippen MR) is 58.3 cm³/mol. The zero-order valence-electron chi connectivity index (χ0n) is 9.96. The molecule has 18 heavy (non-hydrogen) atoms. The van der Waals surface area contributed by atoms with Crippen LogP contribution in [0.4, 0.5) is 0 Å². The van der Waals surface area contributed by atoms with Crippen LogP contribution in [0.1, 0.15) is 6.92 Å². The number of ether oxygens (including phenoxy) is 2. The Labute approximate surface area is 104 Å². The van der Waals surface area contributed by atoms with E-state index in [9.17, 15) is 15.3 Å². The Morgan fingerprint density at radius 3 is 2.72 bits per heavy atom. The summed E-state index contributed by atoms with van der Waals surface area (Å²) in [5, 5.41) is 36.2. The summed E-state index contributed by atoms with van der Waals surface area (Å²) in [6, 6.07) is 0. The molecular weight excluding hydrogens is 242 g/mol. The molecule has 1 aliphatic rings. The van der Waals surface area contributed by atoms with Crippen LogP contribution in [0.25, 0.3) is 0 Å². The molecule has 1 aromatic heterocycles. The second-order valence-electron chi connectivity index (χ2n) is 4.22. The van der Waals surface area contributed by atoms with Crippen molar-refractivity contribution in [1.82, 2.24) is 15.0 Å². The fraction of sp³-hybridized carbons (Fsp3) is 0.800. The highest BCUT2D eigenvalue weighted by Crippen LogP contribution is 2.21. The number of aliphatic hydroxyl groups is 3. The van der Waals surface area contributed by atoms with Gasteiger partial charge in [0.05, 0.1) is 25.5 Å². The highest BCUT2D eigenvalue weighted by molar-refractivity contribution is 4.87. The second kappa shape index (κ2) is 5.72. The molecule has 2 heterocycles.